The maximum Gasteiger partial charge on any atom is 0.189 e. The van der Waals surface area contributed by atoms with Gasteiger partial charge in [-0.15, -0.1) is 0 Å². The van der Waals surface area contributed by atoms with E-state index in [-0.39, 0.29) is 12.4 Å². The summed E-state index contributed by atoms with van der Waals surface area (Å²) >= 11 is 10.4. The molecule has 0 atom stereocenters. The summed E-state index contributed by atoms with van der Waals surface area (Å²) in [5.41, 5.74) is 0.501. The quantitative estimate of drug-likeness (QED) is 0.226. The van der Waals surface area contributed by atoms with Gasteiger partial charge in [0.1, 0.15) is 29.6 Å². The van der Waals surface area contributed by atoms with Gasteiger partial charge in [-0.2, -0.15) is 0 Å². The molecule has 1 heterocycles. The molecule has 0 fully saturated rings. The van der Waals surface area contributed by atoms with Gasteiger partial charge in [-0.1, -0.05) is 28.1 Å². The molecule has 0 radical (unpaired) electrons. The highest BCUT2D eigenvalue weighted by Crippen LogP contribution is 2.37. The SMILES string of the molecule is COc1ccccc1C(=O)/C=C/c1ccc(COc2c(Br)cc(Br)cc2Br)o1. The fourth-order valence-electron chi connectivity index (χ4n) is 2.47. The minimum atomic E-state index is -0.158. The average Bonchev–Trinajstić information content (AvgIpc) is 3.13. The largest absolute Gasteiger partial charge is 0.496 e. The summed E-state index contributed by atoms with van der Waals surface area (Å²) in [6.45, 7) is 0.257. The molecule has 0 saturated carbocycles. The summed E-state index contributed by atoms with van der Waals surface area (Å²) in [4.78, 5) is 12.4. The van der Waals surface area contributed by atoms with E-state index in [1.807, 2.05) is 24.3 Å². The van der Waals surface area contributed by atoms with Crippen LogP contribution >= 0.6 is 47.8 Å². The number of allylic oxidation sites excluding steroid dienone is 1. The van der Waals surface area contributed by atoms with Gasteiger partial charge in [0, 0.05) is 4.47 Å². The highest BCUT2D eigenvalue weighted by Gasteiger charge is 2.11. The molecule has 0 aliphatic carbocycles. The van der Waals surface area contributed by atoms with Gasteiger partial charge in [0.25, 0.3) is 0 Å². The number of carbonyl (C=O) groups excluding carboxylic acids is 1. The summed E-state index contributed by atoms with van der Waals surface area (Å²) < 4.78 is 19.3. The molecule has 0 aliphatic rings. The van der Waals surface area contributed by atoms with Crippen LogP contribution in [-0.2, 0) is 6.61 Å². The third kappa shape index (κ3) is 5.16. The molecule has 0 unspecified atom stereocenters. The van der Waals surface area contributed by atoms with E-state index in [2.05, 4.69) is 47.8 Å². The minimum Gasteiger partial charge on any atom is -0.496 e. The van der Waals surface area contributed by atoms with Gasteiger partial charge < -0.3 is 13.9 Å². The number of ether oxygens (including phenoxy) is 2. The molecule has 144 valence electrons. The van der Waals surface area contributed by atoms with Gasteiger partial charge in [0.15, 0.2) is 5.78 Å². The normalized spacial score (nSPS) is 11.0. The Balaban J connectivity index is 1.66. The van der Waals surface area contributed by atoms with Crippen molar-refractivity contribution in [1.82, 2.24) is 0 Å². The van der Waals surface area contributed by atoms with Crippen LogP contribution in [0.5, 0.6) is 11.5 Å². The van der Waals surface area contributed by atoms with E-state index >= 15 is 0 Å². The molecular formula is C21H15Br3O4. The van der Waals surface area contributed by atoms with Crippen LogP contribution in [0.15, 0.2) is 72.4 Å². The van der Waals surface area contributed by atoms with E-state index in [4.69, 9.17) is 13.9 Å². The first-order valence-electron chi connectivity index (χ1n) is 8.19. The Morgan fingerprint density at radius 2 is 1.79 bits per heavy atom. The standard InChI is InChI=1S/C21H15Br3O4/c1-26-20-5-3-2-4-16(20)19(25)9-8-14-6-7-15(28-14)12-27-21-17(23)10-13(22)11-18(21)24/h2-11H,12H2,1H3/b9-8+. The lowest BCUT2D eigenvalue weighted by Gasteiger charge is -2.09. The molecule has 4 nitrogen and oxygen atoms in total. The van der Waals surface area contributed by atoms with Crippen molar-refractivity contribution in [3.05, 3.63) is 85.1 Å². The van der Waals surface area contributed by atoms with E-state index in [0.29, 0.717) is 28.6 Å². The molecule has 28 heavy (non-hydrogen) atoms. The fraction of sp³-hybridized carbons (Fsp3) is 0.0952. The second kappa shape index (κ2) is 9.58. The molecule has 3 rings (SSSR count). The summed E-state index contributed by atoms with van der Waals surface area (Å²) in [5, 5.41) is 0. The van der Waals surface area contributed by atoms with Crippen molar-refractivity contribution >= 4 is 59.6 Å². The smallest absolute Gasteiger partial charge is 0.189 e. The van der Waals surface area contributed by atoms with Crippen molar-refractivity contribution in [3.8, 4) is 11.5 Å². The predicted octanol–water partition coefficient (Wildman–Crippen LogP) is 7.05. The molecule has 2 aromatic carbocycles. The number of furan rings is 1. The van der Waals surface area contributed by atoms with Gasteiger partial charge >= 0.3 is 0 Å². The number of hydrogen-bond acceptors (Lipinski definition) is 4. The van der Waals surface area contributed by atoms with Gasteiger partial charge in [-0.05, 0) is 80.4 Å². The summed E-state index contributed by atoms with van der Waals surface area (Å²) in [7, 11) is 1.54. The second-order valence-corrected chi connectivity index (χ2v) is 8.31. The maximum atomic E-state index is 12.4. The number of benzene rings is 2. The molecule has 1 aromatic heterocycles. The van der Waals surface area contributed by atoms with Crippen LogP contribution in [0.2, 0.25) is 0 Å². The number of hydrogen-bond donors (Lipinski definition) is 0. The number of halogens is 3. The summed E-state index contributed by atoms with van der Waals surface area (Å²) in [5.74, 6) is 2.27. The molecule has 0 bridgehead atoms. The molecule has 3 aromatic rings. The van der Waals surface area contributed by atoms with E-state index in [1.54, 1.807) is 30.3 Å². The topological polar surface area (TPSA) is 48.7 Å². The zero-order chi connectivity index (χ0) is 20.1. The first-order chi connectivity index (χ1) is 13.5. The van der Waals surface area contributed by atoms with Crippen LogP contribution in [0.3, 0.4) is 0 Å². The molecule has 7 heteroatoms. The highest BCUT2D eigenvalue weighted by molar-refractivity contribution is 9.11. The molecule has 0 aliphatic heterocycles. The molecule has 0 saturated heterocycles. The Hall–Kier alpha value is -1.83. The van der Waals surface area contributed by atoms with E-state index in [1.165, 1.54) is 13.2 Å². The van der Waals surface area contributed by atoms with Crippen molar-refractivity contribution in [2.45, 2.75) is 6.61 Å². The Labute approximate surface area is 187 Å². The first kappa shape index (κ1) is 20.9. The lowest BCUT2D eigenvalue weighted by atomic mass is 10.1. The molecular weight excluding hydrogens is 556 g/mol. The van der Waals surface area contributed by atoms with E-state index in [0.717, 1.165) is 13.4 Å². The average molecular weight is 571 g/mol. The monoisotopic (exact) mass is 568 g/mol. The first-order valence-corrected chi connectivity index (χ1v) is 10.6. The van der Waals surface area contributed by atoms with Gasteiger partial charge in [0.2, 0.25) is 0 Å². The van der Waals surface area contributed by atoms with Crippen molar-refractivity contribution in [3.63, 3.8) is 0 Å². The van der Waals surface area contributed by atoms with E-state index < -0.39 is 0 Å². The Bertz CT molecular complexity index is 1000. The summed E-state index contributed by atoms with van der Waals surface area (Å²) in [6, 6.07) is 14.5. The Kier molecular flexibility index (Phi) is 7.15. The maximum absolute atomic E-state index is 12.4. The van der Waals surface area contributed by atoms with Crippen LogP contribution in [0.1, 0.15) is 21.9 Å². The lowest BCUT2D eigenvalue weighted by molar-refractivity contribution is 0.104. The number of para-hydroxylation sites is 1. The van der Waals surface area contributed by atoms with Crippen LogP contribution < -0.4 is 9.47 Å². The van der Waals surface area contributed by atoms with Crippen molar-refractivity contribution < 1.29 is 18.7 Å². The second-order valence-electron chi connectivity index (χ2n) is 5.69. The van der Waals surface area contributed by atoms with Crippen LogP contribution in [0.25, 0.3) is 6.08 Å². The molecule has 0 spiro atoms. The van der Waals surface area contributed by atoms with E-state index in [9.17, 15) is 4.79 Å². The zero-order valence-electron chi connectivity index (χ0n) is 14.7. The van der Waals surface area contributed by atoms with Crippen LogP contribution in [0, 0.1) is 0 Å². The predicted molar refractivity (Wildman–Crippen MR) is 119 cm³/mol. The minimum absolute atomic E-state index is 0.158. The molecule has 0 N–H and O–H groups in total. The lowest BCUT2D eigenvalue weighted by Crippen LogP contribution is -1.98. The Morgan fingerprint density at radius 3 is 2.50 bits per heavy atom. The van der Waals surface area contributed by atoms with Gasteiger partial charge in [-0.25, -0.2) is 0 Å². The number of ketones is 1. The third-order valence-electron chi connectivity index (χ3n) is 3.78. The fourth-order valence-corrected chi connectivity index (χ4v) is 4.96. The number of rotatable bonds is 7. The van der Waals surface area contributed by atoms with Crippen LogP contribution in [-0.4, -0.2) is 12.9 Å². The van der Waals surface area contributed by atoms with Crippen molar-refractivity contribution in [2.24, 2.45) is 0 Å². The Morgan fingerprint density at radius 1 is 1.07 bits per heavy atom. The van der Waals surface area contributed by atoms with Crippen molar-refractivity contribution in [2.75, 3.05) is 7.11 Å². The highest BCUT2D eigenvalue weighted by atomic mass is 79.9. The third-order valence-corrected chi connectivity index (χ3v) is 5.41. The van der Waals surface area contributed by atoms with Crippen molar-refractivity contribution in [1.29, 1.82) is 0 Å². The summed E-state index contributed by atoms with van der Waals surface area (Å²) in [6.07, 6.45) is 3.09. The van der Waals surface area contributed by atoms with Crippen LogP contribution in [0.4, 0.5) is 0 Å². The number of carbonyl (C=O) groups is 1. The zero-order valence-corrected chi connectivity index (χ0v) is 19.5. The molecule has 0 amide bonds. The van der Waals surface area contributed by atoms with Gasteiger partial charge in [-0.3, -0.25) is 4.79 Å². The van der Waals surface area contributed by atoms with Gasteiger partial charge in [0.05, 0.1) is 21.6 Å². The number of methoxy groups -OCH3 is 1.